The number of hydrogen-bond acceptors (Lipinski definition) is 5. The fraction of sp³-hybridized carbons (Fsp3) is 0.308. The second-order valence-electron chi connectivity index (χ2n) is 8.54. The van der Waals surface area contributed by atoms with Crippen LogP contribution in [0.25, 0.3) is 6.08 Å². The molecule has 1 fully saturated rings. The minimum Gasteiger partial charge on any atom is -0.480 e. The van der Waals surface area contributed by atoms with Gasteiger partial charge in [-0.05, 0) is 55.0 Å². The SMILES string of the molecule is CSc1ccc(/C=C/C(=O)N2CCC(C(=O)N[C@@H](CNC(=O)c3cccc(F)c3)C(=O)O)CC2)c(Cl)c1Cl. The van der Waals surface area contributed by atoms with Gasteiger partial charge in [-0.2, -0.15) is 0 Å². The molecule has 2 aromatic rings. The molecule has 3 rings (SSSR count). The highest BCUT2D eigenvalue weighted by Gasteiger charge is 2.30. The zero-order valence-electron chi connectivity index (χ0n) is 20.4. The summed E-state index contributed by atoms with van der Waals surface area (Å²) in [6.07, 6.45) is 5.58. The Morgan fingerprint density at radius 1 is 1.16 bits per heavy atom. The van der Waals surface area contributed by atoms with Gasteiger partial charge >= 0.3 is 5.97 Å². The molecule has 0 saturated carbocycles. The number of likely N-dealkylation sites (tertiary alicyclic amines) is 1. The third kappa shape index (κ3) is 7.72. The molecule has 0 bridgehead atoms. The van der Waals surface area contributed by atoms with Gasteiger partial charge in [0.2, 0.25) is 11.8 Å². The van der Waals surface area contributed by atoms with E-state index in [1.54, 1.807) is 17.0 Å². The number of rotatable bonds is 9. The van der Waals surface area contributed by atoms with Gasteiger partial charge in [-0.15, -0.1) is 11.8 Å². The van der Waals surface area contributed by atoms with Crippen LogP contribution in [0.5, 0.6) is 0 Å². The Hall–Kier alpha value is -3.08. The summed E-state index contributed by atoms with van der Waals surface area (Å²) in [4.78, 5) is 51.6. The highest BCUT2D eigenvalue weighted by atomic mass is 35.5. The Morgan fingerprint density at radius 2 is 1.87 bits per heavy atom. The van der Waals surface area contributed by atoms with Crippen molar-refractivity contribution in [3.63, 3.8) is 0 Å². The van der Waals surface area contributed by atoms with Crippen molar-refractivity contribution in [3.05, 3.63) is 69.5 Å². The van der Waals surface area contributed by atoms with Crippen molar-refractivity contribution in [1.29, 1.82) is 0 Å². The number of nitrogens with one attached hydrogen (secondary N) is 2. The summed E-state index contributed by atoms with van der Waals surface area (Å²) < 4.78 is 13.3. The third-order valence-corrected chi connectivity index (χ3v) is 7.84. The maximum Gasteiger partial charge on any atom is 0.328 e. The van der Waals surface area contributed by atoms with E-state index in [0.717, 1.165) is 11.0 Å². The number of hydrogen-bond donors (Lipinski definition) is 3. The average Bonchev–Trinajstić information content (AvgIpc) is 2.91. The van der Waals surface area contributed by atoms with Crippen molar-refractivity contribution < 1.29 is 28.7 Å². The number of amides is 3. The summed E-state index contributed by atoms with van der Waals surface area (Å²) in [5.74, 6) is -3.78. The van der Waals surface area contributed by atoms with Crippen LogP contribution in [0.4, 0.5) is 4.39 Å². The summed E-state index contributed by atoms with van der Waals surface area (Å²) in [6, 6.07) is 7.20. The summed E-state index contributed by atoms with van der Waals surface area (Å²) in [5.41, 5.74) is 0.648. The van der Waals surface area contributed by atoms with E-state index in [4.69, 9.17) is 23.2 Å². The Kier molecular flexibility index (Phi) is 10.6. The minimum absolute atomic E-state index is 0.0360. The van der Waals surface area contributed by atoms with E-state index in [2.05, 4.69) is 10.6 Å². The van der Waals surface area contributed by atoms with Gasteiger partial charge in [-0.3, -0.25) is 14.4 Å². The predicted octanol–water partition coefficient (Wildman–Crippen LogP) is 4.11. The van der Waals surface area contributed by atoms with Gasteiger partial charge in [0.25, 0.3) is 5.91 Å². The molecule has 8 nitrogen and oxygen atoms in total. The molecule has 12 heteroatoms. The largest absolute Gasteiger partial charge is 0.480 e. The maximum absolute atomic E-state index is 13.3. The number of carbonyl (C=O) groups excluding carboxylic acids is 3. The van der Waals surface area contributed by atoms with Crippen LogP contribution >= 0.6 is 35.0 Å². The standard InChI is InChI=1S/C26H26Cl2FN3O5S/c1-38-20-7-5-15(22(27)23(20)28)6-8-21(33)32-11-9-16(10-12-32)25(35)31-19(26(36)37)14-30-24(34)17-3-2-4-18(29)13-17/h2-8,13,16,19H,9-12,14H2,1H3,(H,30,34)(H,31,35)(H,36,37)/b8-6+/t19-/m0/s1. The smallest absolute Gasteiger partial charge is 0.328 e. The highest BCUT2D eigenvalue weighted by molar-refractivity contribution is 7.98. The van der Waals surface area contributed by atoms with Gasteiger partial charge in [0, 0.05) is 42.1 Å². The predicted molar refractivity (Wildman–Crippen MR) is 145 cm³/mol. The number of nitrogens with zero attached hydrogens (tertiary/aromatic N) is 1. The number of benzene rings is 2. The number of halogens is 3. The summed E-state index contributed by atoms with van der Waals surface area (Å²) in [7, 11) is 0. The number of aliphatic carboxylic acids is 1. The lowest BCUT2D eigenvalue weighted by atomic mass is 9.95. The minimum atomic E-state index is -1.36. The van der Waals surface area contributed by atoms with Gasteiger partial charge in [0.05, 0.1) is 10.0 Å². The first-order valence-corrected chi connectivity index (χ1v) is 13.6. The van der Waals surface area contributed by atoms with Gasteiger partial charge < -0.3 is 20.6 Å². The summed E-state index contributed by atoms with van der Waals surface area (Å²) in [5, 5.41) is 15.1. The Morgan fingerprint density at radius 3 is 2.50 bits per heavy atom. The Bertz CT molecular complexity index is 1250. The molecule has 0 aromatic heterocycles. The highest BCUT2D eigenvalue weighted by Crippen LogP contribution is 2.35. The van der Waals surface area contributed by atoms with Crippen LogP contribution in [0.1, 0.15) is 28.8 Å². The van der Waals surface area contributed by atoms with E-state index in [1.807, 2.05) is 12.3 Å². The second-order valence-corrected chi connectivity index (χ2v) is 10.1. The molecule has 38 heavy (non-hydrogen) atoms. The molecule has 3 amide bonds. The van der Waals surface area contributed by atoms with E-state index in [-0.39, 0.29) is 18.0 Å². The topological polar surface area (TPSA) is 116 Å². The van der Waals surface area contributed by atoms with Gasteiger partial charge in [0.15, 0.2) is 0 Å². The molecule has 0 aliphatic carbocycles. The summed E-state index contributed by atoms with van der Waals surface area (Å²) in [6.45, 7) is 0.257. The zero-order chi connectivity index (χ0) is 27.8. The number of thioether (sulfide) groups is 1. The quantitative estimate of drug-likeness (QED) is 0.303. The molecule has 1 aliphatic rings. The van der Waals surface area contributed by atoms with Crippen LogP contribution in [0.15, 0.2) is 47.4 Å². The number of carboxylic acids is 1. The molecular formula is C26H26Cl2FN3O5S. The van der Waals surface area contributed by atoms with E-state index >= 15 is 0 Å². The number of carboxylic acid groups (broad SMARTS) is 1. The maximum atomic E-state index is 13.3. The van der Waals surface area contributed by atoms with Crippen molar-refractivity contribution in [1.82, 2.24) is 15.5 Å². The molecular weight excluding hydrogens is 556 g/mol. The summed E-state index contributed by atoms with van der Waals surface area (Å²) >= 11 is 14.0. The van der Waals surface area contributed by atoms with Crippen LogP contribution in [0.3, 0.4) is 0 Å². The van der Waals surface area contributed by atoms with Crippen LogP contribution in [0.2, 0.25) is 10.0 Å². The first-order valence-electron chi connectivity index (χ1n) is 11.7. The molecule has 1 atom stereocenters. The first-order chi connectivity index (χ1) is 18.1. The molecule has 1 saturated heterocycles. The zero-order valence-corrected chi connectivity index (χ0v) is 22.7. The molecule has 0 radical (unpaired) electrons. The average molecular weight is 582 g/mol. The Balaban J connectivity index is 1.50. The molecule has 202 valence electrons. The van der Waals surface area contributed by atoms with Crippen molar-refractivity contribution in [2.75, 3.05) is 25.9 Å². The van der Waals surface area contributed by atoms with Crippen LogP contribution in [-0.2, 0) is 14.4 Å². The van der Waals surface area contributed by atoms with Gasteiger partial charge in [-0.25, -0.2) is 9.18 Å². The van der Waals surface area contributed by atoms with Crippen LogP contribution in [0, 0.1) is 11.7 Å². The van der Waals surface area contributed by atoms with Crippen LogP contribution < -0.4 is 10.6 Å². The second kappa shape index (κ2) is 13.6. The molecule has 0 spiro atoms. The van der Waals surface area contributed by atoms with Crippen molar-refractivity contribution in [2.45, 2.75) is 23.8 Å². The van der Waals surface area contributed by atoms with Crippen molar-refractivity contribution in [2.24, 2.45) is 5.92 Å². The number of piperidine rings is 1. The molecule has 1 aliphatic heterocycles. The molecule has 2 aromatic carbocycles. The number of carbonyl (C=O) groups is 4. The van der Waals surface area contributed by atoms with E-state index in [1.165, 1.54) is 36.0 Å². The normalized spacial score (nSPS) is 14.8. The van der Waals surface area contributed by atoms with Gasteiger partial charge in [0.1, 0.15) is 11.9 Å². The fourth-order valence-electron chi connectivity index (χ4n) is 3.88. The fourth-order valence-corrected chi connectivity index (χ4v) is 5.05. The monoisotopic (exact) mass is 581 g/mol. The van der Waals surface area contributed by atoms with Gasteiger partial charge in [-0.1, -0.05) is 35.3 Å². The lowest BCUT2D eigenvalue weighted by Gasteiger charge is -2.31. The third-order valence-electron chi connectivity index (χ3n) is 6.05. The lowest BCUT2D eigenvalue weighted by molar-refractivity contribution is -0.142. The van der Waals surface area contributed by atoms with Crippen molar-refractivity contribution in [3.8, 4) is 0 Å². The Labute approximate surface area is 233 Å². The first kappa shape index (κ1) is 29.5. The molecule has 3 N–H and O–H groups in total. The van der Waals surface area contributed by atoms with Crippen molar-refractivity contribution >= 4 is 64.7 Å². The molecule has 0 unspecified atom stereocenters. The molecule has 1 heterocycles. The van der Waals surface area contributed by atoms with E-state index in [0.29, 0.717) is 41.5 Å². The van der Waals surface area contributed by atoms with E-state index < -0.39 is 35.6 Å². The van der Waals surface area contributed by atoms with Crippen LogP contribution in [-0.4, -0.2) is 65.6 Å². The van der Waals surface area contributed by atoms with E-state index in [9.17, 15) is 28.7 Å². The lowest BCUT2D eigenvalue weighted by Crippen LogP contribution is -2.51.